The molecule has 0 radical (unpaired) electrons. The van der Waals surface area contributed by atoms with E-state index in [1.807, 2.05) is 6.92 Å². The van der Waals surface area contributed by atoms with Crippen LogP contribution in [0.4, 0.5) is 0 Å². The van der Waals surface area contributed by atoms with Crippen molar-refractivity contribution < 1.29 is 5.11 Å². The van der Waals surface area contributed by atoms with Crippen molar-refractivity contribution in [3.05, 3.63) is 0 Å². The largest absolute Gasteiger partial charge is 0.393 e. The quantitative estimate of drug-likeness (QED) is 0.740. The molecule has 0 aromatic rings. The number of rotatable bonds is 5. The fourth-order valence-electron chi connectivity index (χ4n) is 2.76. The van der Waals surface area contributed by atoms with Crippen LogP contribution in [0.3, 0.4) is 0 Å². The van der Waals surface area contributed by atoms with Crippen LogP contribution in [0, 0.1) is 5.92 Å². The van der Waals surface area contributed by atoms with Gasteiger partial charge >= 0.3 is 0 Å². The van der Waals surface area contributed by atoms with Gasteiger partial charge in [0.1, 0.15) is 0 Å². The van der Waals surface area contributed by atoms with Gasteiger partial charge in [-0.2, -0.15) is 0 Å². The first-order valence-corrected chi connectivity index (χ1v) is 6.86. The molecule has 2 aliphatic rings. The predicted octanol–water partition coefficient (Wildman–Crippen LogP) is 1.22. The summed E-state index contributed by atoms with van der Waals surface area (Å²) in [4.78, 5) is 2.59. The van der Waals surface area contributed by atoms with E-state index in [0.29, 0.717) is 12.0 Å². The van der Waals surface area contributed by atoms with Crippen LogP contribution in [0.1, 0.15) is 39.5 Å². The maximum Gasteiger partial charge on any atom is 0.0553 e. The number of hydrogen-bond acceptors (Lipinski definition) is 3. The SMILES string of the molecule is CCCNC1CC(C(C)O)CN(C2CC2)C1. The highest BCUT2D eigenvalue weighted by Gasteiger charge is 2.37. The maximum absolute atomic E-state index is 9.79. The first-order valence-electron chi connectivity index (χ1n) is 6.86. The van der Waals surface area contributed by atoms with Crippen LogP contribution in [0.5, 0.6) is 0 Å². The summed E-state index contributed by atoms with van der Waals surface area (Å²) in [6, 6.07) is 1.42. The van der Waals surface area contributed by atoms with Gasteiger partial charge in [0.2, 0.25) is 0 Å². The van der Waals surface area contributed by atoms with Gasteiger partial charge in [-0.15, -0.1) is 0 Å². The van der Waals surface area contributed by atoms with E-state index in [1.165, 1.54) is 25.8 Å². The Hall–Kier alpha value is -0.120. The summed E-state index contributed by atoms with van der Waals surface area (Å²) in [6.45, 7) is 7.55. The Bertz CT molecular complexity index is 206. The van der Waals surface area contributed by atoms with E-state index in [0.717, 1.165) is 25.6 Å². The highest BCUT2D eigenvalue weighted by atomic mass is 16.3. The van der Waals surface area contributed by atoms with E-state index in [1.54, 1.807) is 0 Å². The van der Waals surface area contributed by atoms with Crippen molar-refractivity contribution in [1.29, 1.82) is 0 Å². The maximum atomic E-state index is 9.79. The van der Waals surface area contributed by atoms with Crippen LogP contribution in [0.2, 0.25) is 0 Å². The number of piperidine rings is 1. The van der Waals surface area contributed by atoms with Crippen molar-refractivity contribution >= 4 is 0 Å². The zero-order valence-electron chi connectivity index (χ0n) is 10.7. The topological polar surface area (TPSA) is 35.5 Å². The Morgan fingerprint density at radius 1 is 1.38 bits per heavy atom. The second-order valence-electron chi connectivity index (χ2n) is 5.57. The van der Waals surface area contributed by atoms with Crippen molar-refractivity contribution in [2.45, 2.75) is 57.7 Å². The summed E-state index contributed by atoms with van der Waals surface area (Å²) in [6.07, 6.45) is 4.91. The van der Waals surface area contributed by atoms with Gasteiger partial charge in [-0.1, -0.05) is 6.92 Å². The average molecular weight is 226 g/mol. The molecule has 2 fully saturated rings. The number of aliphatic hydroxyl groups excluding tert-OH is 1. The highest BCUT2D eigenvalue weighted by Crippen LogP contribution is 2.31. The first-order chi connectivity index (χ1) is 7.70. The van der Waals surface area contributed by atoms with Crippen LogP contribution in [-0.4, -0.2) is 47.8 Å². The summed E-state index contributed by atoms with van der Waals surface area (Å²) >= 11 is 0. The molecule has 3 atom stereocenters. The minimum Gasteiger partial charge on any atom is -0.393 e. The Labute approximate surface area is 99.2 Å². The highest BCUT2D eigenvalue weighted by molar-refractivity contribution is 4.93. The Kier molecular flexibility index (Phi) is 4.22. The van der Waals surface area contributed by atoms with Crippen molar-refractivity contribution in [3.8, 4) is 0 Å². The number of nitrogens with zero attached hydrogens (tertiary/aromatic N) is 1. The fraction of sp³-hybridized carbons (Fsp3) is 1.00. The van der Waals surface area contributed by atoms with Crippen LogP contribution in [0.25, 0.3) is 0 Å². The molecule has 2 N–H and O–H groups in total. The van der Waals surface area contributed by atoms with E-state index in [9.17, 15) is 5.11 Å². The lowest BCUT2D eigenvalue weighted by Crippen LogP contribution is -2.52. The van der Waals surface area contributed by atoms with Gasteiger partial charge in [0.25, 0.3) is 0 Å². The van der Waals surface area contributed by atoms with Crippen molar-refractivity contribution in [2.75, 3.05) is 19.6 Å². The molecule has 0 aromatic carbocycles. The van der Waals surface area contributed by atoms with Gasteiger partial charge in [-0.05, 0) is 45.1 Å². The molecule has 1 saturated heterocycles. The normalized spacial score (nSPS) is 33.9. The minimum atomic E-state index is -0.160. The lowest BCUT2D eigenvalue weighted by molar-refractivity contribution is 0.0448. The fourth-order valence-corrected chi connectivity index (χ4v) is 2.76. The molecule has 3 heteroatoms. The molecule has 0 amide bonds. The van der Waals surface area contributed by atoms with Crippen LogP contribution < -0.4 is 5.32 Å². The summed E-state index contributed by atoms with van der Waals surface area (Å²) in [5.41, 5.74) is 0. The van der Waals surface area contributed by atoms with Gasteiger partial charge < -0.3 is 10.4 Å². The molecular weight excluding hydrogens is 200 g/mol. The zero-order valence-corrected chi connectivity index (χ0v) is 10.7. The van der Waals surface area contributed by atoms with Gasteiger partial charge in [0.15, 0.2) is 0 Å². The number of hydrogen-bond donors (Lipinski definition) is 2. The van der Waals surface area contributed by atoms with Crippen LogP contribution >= 0.6 is 0 Å². The van der Waals surface area contributed by atoms with Gasteiger partial charge in [0.05, 0.1) is 6.10 Å². The van der Waals surface area contributed by atoms with Gasteiger partial charge in [-0.3, -0.25) is 4.90 Å². The number of aliphatic hydroxyl groups is 1. The Morgan fingerprint density at radius 2 is 2.12 bits per heavy atom. The third-order valence-electron chi connectivity index (χ3n) is 3.94. The molecule has 1 aliphatic carbocycles. The van der Waals surface area contributed by atoms with E-state index in [-0.39, 0.29) is 6.10 Å². The smallest absolute Gasteiger partial charge is 0.0553 e. The number of nitrogens with one attached hydrogen (secondary N) is 1. The molecule has 1 aliphatic heterocycles. The molecule has 16 heavy (non-hydrogen) atoms. The second kappa shape index (κ2) is 5.48. The Balaban J connectivity index is 1.87. The zero-order chi connectivity index (χ0) is 11.5. The number of likely N-dealkylation sites (tertiary alicyclic amines) is 1. The molecular formula is C13H26N2O. The van der Waals surface area contributed by atoms with Crippen molar-refractivity contribution in [1.82, 2.24) is 10.2 Å². The van der Waals surface area contributed by atoms with E-state index in [2.05, 4.69) is 17.1 Å². The monoisotopic (exact) mass is 226 g/mol. The molecule has 1 saturated carbocycles. The van der Waals surface area contributed by atoms with Gasteiger partial charge in [0, 0.05) is 25.2 Å². The average Bonchev–Trinajstić information content (AvgIpc) is 3.09. The van der Waals surface area contributed by atoms with Crippen molar-refractivity contribution in [3.63, 3.8) is 0 Å². The Morgan fingerprint density at radius 3 is 2.69 bits per heavy atom. The predicted molar refractivity (Wildman–Crippen MR) is 66.5 cm³/mol. The first kappa shape index (κ1) is 12.3. The summed E-state index contributed by atoms with van der Waals surface area (Å²) in [5.74, 6) is 0.462. The van der Waals surface area contributed by atoms with Crippen molar-refractivity contribution in [2.24, 2.45) is 5.92 Å². The lowest BCUT2D eigenvalue weighted by atomic mass is 9.90. The minimum absolute atomic E-state index is 0.160. The van der Waals surface area contributed by atoms with Crippen LogP contribution in [-0.2, 0) is 0 Å². The molecule has 1 heterocycles. The van der Waals surface area contributed by atoms with Gasteiger partial charge in [-0.25, -0.2) is 0 Å². The molecule has 0 aromatic heterocycles. The molecule has 2 rings (SSSR count). The molecule has 0 spiro atoms. The third kappa shape index (κ3) is 3.19. The molecule has 0 bridgehead atoms. The molecule has 3 nitrogen and oxygen atoms in total. The van der Waals surface area contributed by atoms with E-state index in [4.69, 9.17) is 0 Å². The summed E-state index contributed by atoms with van der Waals surface area (Å²) in [7, 11) is 0. The summed E-state index contributed by atoms with van der Waals surface area (Å²) < 4.78 is 0. The second-order valence-corrected chi connectivity index (χ2v) is 5.57. The molecule has 3 unspecified atom stereocenters. The lowest BCUT2D eigenvalue weighted by Gasteiger charge is -2.39. The standard InChI is InChI=1S/C13H26N2O/c1-3-6-14-12-7-11(10(2)16)8-15(9-12)13-4-5-13/h10-14,16H,3-9H2,1-2H3. The molecule has 94 valence electrons. The van der Waals surface area contributed by atoms with E-state index >= 15 is 0 Å². The van der Waals surface area contributed by atoms with E-state index < -0.39 is 0 Å². The van der Waals surface area contributed by atoms with Crippen LogP contribution in [0.15, 0.2) is 0 Å². The summed E-state index contributed by atoms with van der Waals surface area (Å²) in [5, 5.41) is 13.4. The third-order valence-corrected chi connectivity index (χ3v) is 3.94.